The van der Waals surface area contributed by atoms with Crippen LogP contribution in [0.25, 0.3) is 17.0 Å². The van der Waals surface area contributed by atoms with Crippen molar-refractivity contribution >= 4 is 11.6 Å². The molecule has 132 valence electrons. The van der Waals surface area contributed by atoms with Crippen LogP contribution in [0, 0.1) is 0 Å². The molecule has 0 saturated heterocycles. The highest BCUT2D eigenvalue weighted by molar-refractivity contribution is 5.83. The zero-order valence-electron chi connectivity index (χ0n) is 14.9. The van der Waals surface area contributed by atoms with Crippen LogP contribution in [0.2, 0.25) is 0 Å². The van der Waals surface area contributed by atoms with Crippen molar-refractivity contribution in [3.63, 3.8) is 0 Å². The van der Waals surface area contributed by atoms with Crippen LogP contribution >= 0.6 is 0 Å². The molecule has 7 heteroatoms. The molecule has 2 aromatic heterocycles. The zero-order chi connectivity index (χ0) is 18.1. The quantitative estimate of drug-likeness (QED) is 0.756. The van der Waals surface area contributed by atoms with E-state index in [1.807, 2.05) is 26.0 Å². The van der Waals surface area contributed by atoms with Crippen LogP contribution in [-0.2, 0) is 6.42 Å². The van der Waals surface area contributed by atoms with Crippen LogP contribution in [-0.4, -0.2) is 33.3 Å². The van der Waals surface area contributed by atoms with Crippen LogP contribution in [0.1, 0.15) is 30.8 Å². The molecule has 1 aliphatic rings. The number of nitrogens with zero attached hydrogens (tertiary/aromatic N) is 4. The van der Waals surface area contributed by atoms with Crippen molar-refractivity contribution in [2.45, 2.75) is 26.3 Å². The number of fused-ring (bicyclic) bond motifs is 1. The molecule has 0 saturated carbocycles. The maximum absolute atomic E-state index is 5.71. The first-order valence-corrected chi connectivity index (χ1v) is 8.45. The molecular formula is C19H19N5O2. The second-order valence-electron chi connectivity index (χ2n) is 6.33. The molecule has 2 heterocycles. The van der Waals surface area contributed by atoms with Crippen molar-refractivity contribution in [3.05, 3.63) is 53.5 Å². The average Bonchev–Trinajstić information content (AvgIpc) is 3.27. The Bertz CT molecular complexity index is 978. The molecule has 1 aromatic carbocycles. The Morgan fingerprint density at radius 1 is 1.19 bits per heavy atom. The van der Waals surface area contributed by atoms with Crippen molar-refractivity contribution in [1.29, 1.82) is 0 Å². The number of benzene rings is 1. The molecule has 0 radical (unpaired) electrons. The number of nitrogens with one attached hydrogen (secondary N) is 1. The third kappa shape index (κ3) is 3.03. The first kappa shape index (κ1) is 16.3. The van der Waals surface area contributed by atoms with E-state index in [0.29, 0.717) is 23.6 Å². The van der Waals surface area contributed by atoms with E-state index in [0.717, 1.165) is 23.1 Å². The third-order valence-electron chi connectivity index (χ3n) is 4.09. The SMILES string of the molecule is COc1ccnc(C2=CCc3ccc(-c4nnc(NC(C)C)o4)cc32)n1. The number of methoxy groups -OCH3 is 1. The summed E-state index contributed by atoms with van der Waals surface area (Å²) in [6.07, 6.45) is 4.67. The Kier molecular flexibility index (Phi) is 4.12. The Labute approximate surface area is 151 Å². The number of anilines is 1. The van der Waals surface area contributed by atoms with Gasteiger partial charge in [0, 0.05) is 29.4 Å². The zero-order valence-corrected chi connectivity index (χ0v) is 14.9. The number of hydrogen-bond acceptors (Lipinski definition) is 7. The third-order valence-corrected chi connectivity index (χ3v) is 4.09. The monoisotopic (exact) mass is 349 g/mol. The van der Waals surface area contributed by atoms with E-state index in [1.165, 1.54) is 5.56 Å². The largest absolute Gasteiger partial charge is 0.481 e. The van der Waals surface area contributed by atoms with Gasteiger partial charge in [0.15, 0.2) is 5.82 Å². The molecule has 0 spiro atoms. The Morgan fingerprint density at radius 2 is 2.08 bits per heavy atom. The molecule has 1 N–H and O–H groups in total. The summed E-state index contributed by atoms with van der Waals surface area (Å²) in [5.74, 6) is 1.67. The minimum atomic E-state index is 0.225. The summed E-state index contributed by atoms with van der Waals surface area (Å²) in [7, 11) is 1.60. The molecular weight excluding hydrogens is 330 g/mol. The van der Waals surface area contributed by atoms with Gasteiger partial charge in [-0.1, -0.05) is 17.2 Å². The van der Waals surface area contributed by atoms with Gasteiger partial charge < -0.3 is 14.5 Å². The van der Waals surface area contributed by atoms with Gasteiger partial charge in [-0.25, -0.2) is 4.98 Å². The topological polar surface area (TPSA) is 86.0 Å². The van der Waals surface area contributed by atoms with E-state index in [1.54, 1.807) is 19.4 Å². The smallest absolute Gasteiger partial charge is 0.315 e. The lowest BCUT2D eigenvalue weighted by Gasteiger charge is -2.07. The van der Waals surface area contributed by atoms with E-state index in [4.69, 9.17) is 9.15 Å². The predicted octanol–water partition coefficient (Wildman–Crippen LogP) is 3.34. The van der Waals surface area contributed by atoms with Crippen molar-refractivity contribution < 1.29 is 9.15 Å². The minimum absolute atomic E-state index is 0.225. The summed E-state index contributed by atoms with van der Waals surface area (Å²) in [5, 5.41) is 11.3. The summed E-state index contributed by atoms with van der Waals surface area (Å²) in [6, 6.07) is 8.50. The Morgan fingerprint density at radius 3 is 2.88 bits per heavy atom. The van der Waals surface area contributed by atoms with Gasteiger partial charge in [-0.05, 0) is 43.5 Å². The van der Waals surface area contributed by atoms with Gasteiger partial charge in [-0.2, -0.15) is 4.98 Å². The lowest BCUT2D eigenvalue weighted by molar-refractivity contribution is 0.396. The maximum Gasteiger partial charge on any atom is 0.315 e. The van der Waals surface area contributed by atoms with Crippen LogP contribution < -0.4 is 10.1 Å². The number of hydrogen-bond donors (Lipinski definition) is 1. The van der Waals surface area contributed by atoms with Gasteiger partial charge >= 0.3 is 6.01 Å². The van der Waals surface area contributed by atoms with Crippen LogP contribution in [0.4, 0.5) is 6.01 Å². The summed E-state index contributed by atoms with van der Waals surface area (Å²) < 4.78 is 10.9. The number of rotatable bonds is 5. The van der Waals surface area contributed by atoms with Crippen LogP contribution in [0.3, 0.4) is 0 Å². The molecule has 0 atom stereocenters. The van der Waals surface area contributed by atoms with E-state index < -0.39 is 0 Å². The molecule has 3 aromatic rings. The second kappa shape index (κ2) is 6.59. The minimum Gasteiger partial charge on any atom is -0.481 e. The average molecular weight is 349 g/mol. The van der Waals surface area contributed by atoms with Crippen LogP contribution in [0.15, 0.2) is 41.0 Å². The van der Waals surface area contributed by atoms with E-state index >= 15 is 0 Å². The lowest BCUT2D eigenvalue weighted by Crippen LogP contribution is -2.09. The highest BCUT2D eigenvalue weighted by Gasteiger charge is 2.20. The molecule has 0 aliphatic heterocycles. The fourth-order valence-corrected chi connectivity index (χ4v) is 2.90. The predicted molar refractivity (Wildman–Crippen MR) is 97.9 cm³/mol. The summed E-state index contributed by atoms with van der Waals surface area (Å²) in [6.45, 7) is 4.04. The highest BCUT2D eigenvalue weighted by atomic mass is 16.5. The fraction of sp³-hybridized carbons (Fsp3) is 0.263. The van der Waals surface area contributed by atoms with Gasteiger partial charge in [-0.3, -0.25) is 0 Å². The highest BCUT2D eigenvalue weighted by Crippen LogP contribution is 2.34. The van der Waals surface area contributed by atoms with Gasteiger partial charge in [0.25, 0.3) is 0 Å². The number of ether oxygens (including phenoxy) is 1. The van der Waals surface area contributed by atoms with E-state index in [2.05, 4.69) is 37.6 Å². The van der Waals surface area contributed by atoms with Gasteiger partial charge in [0.1, 0.15) is 0 Å². The molecule has 0 amide bonds. The Balaban J connectivity index is 1.68. The summed E-state index contributed by atoms with van der Waals surface area (Å²) in [5.41, 5.74) is 4.15. The summed E-state index contributed by atoms with van der Waals surface area (Å²) in [4.78, 5) is 8.83. The van der Waals surface area contributed by atoms with Crippen molar-refractivity contribution in [3.8, 4) is 17.3 Å². The Hall–Kier alpha value is -3.22. The standard InChI is InChI=1S/C19H19N5O2/c1-11(2)21-19-24-23-18(26-19)13-5-4-12-6-7-14(15(12)10-13)17-20-9-8-16(22-17)25-3/h4-5,7-11H,6H2,1-3H3,(H,21,24). The first-order chi connectivity index (χ1) is 12.6. The molecule has 0 unspecified atom stereocenters. The molecule has 1 aliphatic carbocycles. The summed E-state index contributed by atoms with van der Waals surface area (Å²) >= 11 is 0. The first-order valence-electron chi connectivity index (χ1n) is 8.45. The van der Waals surface area contributed by atoms with Crippen molar-refractivity contribution in [2.75, 3.05) is 12.4 Å². The van der Waals surface area contributed by atoms with Gasteiger partial charge in [0.05, 0.1) is 7.11 Å². The normalized spacial score (nSPS) is 12.8. The maximum atomic E-state index is 5.71. The van der Waals surface area contributed by atoms with E-state index in [9.17, 15) is 0 Å². The van der Waals surface area contributed by atoms with Crippen molar-refractivity contribution in [1.82, 2.24) is 20.2 Å². The lowest BCUT2D eigenvalue weighted by atomic mass is 10.0. The van der Waals surface area contributed by atoms with Crippen molar-refractivity contribution in [2.24, 2.45) is 0 Å². The number of aromatic nitrogens is 4. The molecule has 0 bridgehead atoms. The fourth-order valence-electron chi connectivity index (χ4n) is 2.90. The molecule has 26 heavy (non-hydrogen) atoms. The van der Waals surface area contributed by atoms with E-state index in [-0.39, 0.29) is 6.04 Å². The molecule has 7 nitrogen and oxygen atoms in total. The number of allylic oxidation sites excluding steroid dienone is 1. The second-order valence-corrected chi connectivity index (χ2v) is 6.33. The molecule has 4 rings (SSSR count). The molecule has 0 fully saturated rings. The van der Waals surface area contributed by atoms with Crippen LogP contribution in [0.5, 0.6) is 5.88 Å². The van der Waals surface area contributed by atoms with Gasteiger partial charge in [0.2, 0.25) is 11.8 Å². The van der Waals surface area contributed by atoms with Gasteiger partial charge in [-0.15, -0.1) is 5.10 Å².